The molecule has 0 spiro atoms. The number of halogens is 4. The molecular weight excluding hydrogens is 714 g/mol. The van der Waals surface area contributed by atoms with Crippen molar-refractivity contribution in [3.8, 4) is 11.5 Å². The summed E-state index contributed by atoms with van der Waals surface area (Å²) >= 11 is 28.2. The molecule has 0 radical (unpaired) electrons. The molecule has 236 valence electrons. The Balaban J connectivity index is 1.53. The topological polar surface area (TPSA) is 93.2 Å². The summed E-state index contributed by atoms with van der Waals surface area (Å²) < 4.78 is 10.2. The standard InChI is InChI=1S/C32H22Cl4N2O6S2/c1-17(39)43-29-21(33)11-19(12-22(29)34)31(41)37-15-45-28-10-6-4-8-26(28)38(16-46-27-9-5-3-7-25(27)37)32(42)20-13-23(35)30(24(36)14-20)44-18(2)40/h3-14H,15-16H2,1-2H3. The minimum absolute atomic E-state index is 0.0167. The van der Waals surface area contributed by atoms with Gasteiger partial charge in [-0.2, -0.15) is 0 Å². The van der Waals surface area contributed by atoms with Gasteiger partial charge in [0.05, 0.1) is 43.2 Å². The highest BCUT2D eigenvalue weighted by Gasteiger charge is 2.28. The van der Waals surface area contributed by atoms with E-state index in [1.807, 2.05) is 48.5 Å². The van der Waals surface area contributed by atoms with E-state index in [0.29, 0.717) is 11.4 Å². The van der Waals surface area contributed by atoms with E-state index in [1.165, 1.54) is 61.6 Å². The van der Waals surface area contributed by atoms with Gasteiger partial charge in [0, 0.05) is 34.8 Å². The molecule has 8 nitrogen and oxygen atoms in total. The molecule has 2 amide bonds. The Morgan fingerprint density at radius 1 is 0.587 bits per heavy atom. The van der Waals surface area contributed by atoms with E-state index >= 15 is 0 Å². The Kier molecular flexibility index (Phi) is 10.8. The lowest BCUT2D eigenvalue weighted by Crippen LogP contribution is -2.34. The smallest absolute Gasteiger partial charge is 0.308 e. The molecule has 1 heterocycles. The summed E-state index contributed by atoms with van der Waals surface area (Å²) in [7, 11) is 0. The number of rotatable bonds is 4. The molecule has 5 rings (SSSR count). The zero-order chi connectivity index (χ0) is 33.1. The minimum Gasteiger partial charge on any atom is -0.424 e. The van der Waals surface area contributed by atoms with Gasteiger partial charge in [-0.15, -0.1) is 23.5 Å². The molecule has 4 aromatic carbocycles. The van der Waals surface area contributed by atoms with Crippen LogP contribution in [0.25, 0.3) is 0 Å². The van der Waals surface area contributed by atoms with Gasteiger partial charge in [-0.05, 0) is 48.5 Å². The fourth-order valence-electron chi connectivity index (χ4n) is 4.51. The number of nitrogens with zero attached hydrogens (tertiary/aromatic N) is 2. The molecule has 0 unspecified atom stereocenters. The van der Waals surface area contributed by atoms with Gasteiger partial charge in [0.15, 0.2) is 11.5 Å². The van der Waals surface area contributed by atoms with Crippen LogP contribution in [0, 0.1) is 0 Å². The Labute approximate surface area is 292 Å². The van der Waals surface area contributed by atoms with Crippen LogP contribution in [-0.4, -0.2) is 35.5 Å². The molecule has 0 aliphatic carbocycles. The van der Waals surface area contributed by atoms with Crippen molar-refractivity contribution < 1.29 is 28.7 Å². The van der Waals surface area contributed by atoms with E-state index in [2.05, 4.69) is 0 Å². The van der Waals surface area contributed by atoms with Crippen molar-refractivity contribution in [2.75, 3.05) is 21.6 Å². The first-order valence-electron chi connectivity index (χ1n) is 13.4. The number of para-hydroxylation sites is 2. The van der Waals surface area contributed by atoms with E-state index in [1.54, 1.807) is 9.80 Å². The van der Waals surface area contributed by atoms with Gasteiger partial charge in [0.1, 0.15) is 0 Å². The number of thioether (sulfide) groups is 2. The lowest BCUT2D eigenvalue weighted by molar-refractivity contribution is -0.132. The van der Waals surface area contributed by atoms with Crippen molar-refractivity contribution in [2.45, 2.75) is 23.6 Å². The highest BCUT2D eigenvalue weighted by atomic mass is 35.5. The molecule has 4 aromatic rings. The molecular formula is C32H22Cl4N2O6S2. The molecule has 46 heavy (non-hydrogen) atoms. The number of esters is 2. The Bertz CT molecular complexity index is 1710. The van der Waals surface area contributed by atoms with Crippen LogP contribution in [0.4, 0.5) is 11.4 Å². The summed E-state index contributed by atoms with van der Waals surface area (Å²) in [4.78, 5) is 55.8. The molecule has 0 saturated heterocycles. The van der Waals surface area contributed by atoms with Crippen LogP contribution < -0.4 is 19.3 Å². The second-order valence-electron chi connectivity index (χ2n) is 9.67. The van der Waals surface area contributed by atoms with Crippen LogP contribution in [0.3, 0.4) is 0 Å². The third-order valence-corrected chi connectivity index (χ3v) is 9.69. The average Bonchev–Trinajstić information content (AvgIpc) is 3.01. The van der Waals surface area contributed by atoms with Gasteiger partial charge in [-0.1, -0.05) is 70.7 Å². The number of fused-ring (bicyclic) bond motifs is 2. The molecule has 14 heteroatoms. The van der Waals surface area contributed by atoms with Gasteiger partial charge < -0.3 is 9.47 Å². The summed E-state index contributed by atoms with van der Waals surface area (Å²) in [5.74, 6) is -1.71. The maximum absolute atomic E-state index is 14.0. The third-order valence-electron chi connectivity index (χ3n) is 6.48. The molecule has 0 saturated carbocycles. The first kappa shape index (κ1) is 34.0. The van der Waals surface area contributed by atoms with E-state index in [4.69, 9.17) is 55.9 Å². The van der Waals surface area contributed by atoms with E-state index < -0.39 is 11.9 Å². The van der Waals surface area contributed by atoms with E-state index in [-0.39, 0.29) is 66.3 Å². The van der Waals surface area contributed by atoms with E-state index in [9.17, 15) is 19.2 Å². The lowest BCUT2D eigenvalue weighted by Gasteiger charge is -2.30. The van der Waals surface area contributed by atoms with Crippen molar-refractivity contribution in [3.05, 3.63) is 104 Å². The van der Waals surface area contributed by atoms with Gasteiger partial charge in [0.2, 0.25) is 0 Å². The molecule has 0 atom stereocenters. The van der Waals surface area contributed by atoms with Crippen LogP contribution in [-0.2, 0) is 9.59 Å². The predicted octanol–water partition coefficient (Wildman–Crippen LogP) is 9.26. The quantitative estimate of drug-likeness (QED) is 0.151. The Hall–Kier alpha value is -3.38. The predicted molar refractivity (Wildman–Crippen MR) is 183 cm³/mol. The molecule has 0 fully saturated rings. The van der Waals surface area contributed by atoms with Crippen LogP contribution >= 0.6 is 69.9 Å². The van der Waals surface area contributed by atoms with Crippen LogP contribution in [0.15, 0.2) is 82.6 Å². The zero-order valence-corrected chi connectivity index (χ0v) is 28.7. The fraction of sp³-hybridized carbons (Fsp3) is 0.125. The number of anilines is 2. The lowest BCUT2D eigenvalue weighted by atomic mass is 10.1. The van der Waals surface area contributed by atoms with Crippen molar-refractivity contribution in [1.82, 2.24) is 0 Å². The van der Waals surface area contributed by atoms with Gasteiger partial charge >= 0.3 is 11.9 Å². The number of carbonyl (C=O) groups excluding carboxylic acids is 4. The summed E-state index contributed by atoms with van der Waals surface area (Å²) in [5, 5.41) is 0.0668. The first-order chi connectivity index (χ1) is 21.9. The second-order valence-corrected chi connectivity index (χ2v) is 13.3. The average molecular weight is 736 g/mol. The van der Waals surface area contributed by atoms with Gasteiger partial charge in [0.25, 0.3) is 11.8 Å². The summed E-state index contributed by atoms with van der Waals surface area (Å²) in [5.41, 5.74) is 1.59. The van der Waals surface area contributed by atoms with Crippen molar-refractivity contribution in [1.29, 1.82) is 0 Å². The van der Waals surface area contributed by atoms with Gasteiger partial charge in [-0.25, -0.2) is 0 Å². The molecule has 0 bridgehead atoms. The molecule has 1 aliphatic rings. The minimum atomic E-state index is -0.599. The largest absolute Gasteiger partial charge is 0.424 e. The zero-order valence-electron chi connectivity index (χ0n) is 24.0. The maximum atomic E-state index is 14.0. The monoisotopic (exact) mass is 734 g/mol. The first-order valence-corrected chi connectivity index (χ1v) is 16.8. The number of amides is 2. The van der Waals surface area contributed by atoms with Crippen LogP contribution in [0.5, 0.6) is 11.5 Å². The fourth-order valence-corrected chi connectivity index (χ4v) is 7.69. The van der Waals surface area contributed by atoms with Crippen LogP contribution in [0.2, 0.25) is 20.1 Å². The normalized spacial score (nSPS) is 12.9. The highest BCUT2D eigenvalue weighted by Crippen LogP contribution is 2.42. The highest BCUT2D eigenvalue weighted by molar-refractivity contribution is 8.00. The maximum Gasteiger partial charge on any atom is 0.308 e. The van der Waals surface area contributed by atoms with E-state index in [0.717, 1.165) is 9.79 Å². The van der Waals surface area contributed by atoms with Crippen LogP contribution in [0.1, 0.15) is 34.6 Å². The Morgan fingerprint density at radius 2 is 0.913 bits per heavy atom. The number of hydrogen-bond donors (Lipinski definition) is 0. The summed E-state index contributed by atoms with van der Waals surface area (Å²) in [6.07, 6.45) is 0. The number of benzene rings is 4. The summed E-state index contributed by atoms with van der Waals surface area (Å²) in [6, 6.07) is 20.2. The Morgan fingerprint density at radius 3 is 1.24 bits per heavy atom. The molecule has 1 aliphatic heterocycles. The van der Waals surface area contributed by atoms with Gasteiger partial charge in [-0.3, -0.25) is 29.0 Å². The number of ether oxygens (including phenoxy) is 2. The van der Waals surface area contributed by atoms with Crippen molar-refractivity contribution in [2.24, 2.45) is 0 Å². The number of hydrogen-bond acceptors (Lipinski definition) is 8. The number of carbonyl (C=O) groups is 4. The SMILES string of the molecule is CC(=O)Oc1c(Cl)cc(C(=O)N2CSc3ccccc3N(C(=O)c3cc(Cl)c(OC(C)=O)c(Cl)c3)CSc3ccccc32)cc1Cl. The molecule has 0 N–H and O–H groups in total. The molecule has 0 aromatic heterocycles. The van der Waals surface area contributed by atoms with Crippen molar-refractivity contribution in [3.63, 3.8) is 0 Å². The third kappa shape index (κ3) is 7.43. The van der Waals surface area contributed by atoms with Crippen molar-refractivity contribution >= 4 is 105 Å². The summed E-state index contributed by atoms with van der Waals surface area (Å²) in [6.45, 7) is 2.45. The second kappa shape index (κ2) is 14.6.